The van der Waals surface area contributed by atoms with Gasteiger partial charge in [0.1, 0.15) is 5.75 Å². The molecule has 0 bridgehead atoms. The summed E-state index contributed by atoms with van der Waals surface area (Å²) in [7, 11) is 0. The minimum absolute atomic E-state index is 0.109. The van der Waals surface area contributed by atoms with Crippen molar-refractivity contribution in [3.8, 4) is 5.75 Å². The van der Waals surface area contributed by atoms with E-state index < -0.39 is 0 Å². The Hall–Kier alpha value is -1.02. The lowest BCUT2D eigenvalue weighted by Crippen LogP contribution is -2.19. The molecule has 0 aliphatic heterocycles. The Labute approximate surface area is 129 Å². The fourth-order valence-corrected chi connectivity index (χ4v) is 3.52. The first-order valence-electron chi connectivity index (χ1n) is 8.45. The monoisotopic (exact) mass is 290 g/mol. The molecule has 118 valence electrons. The second kappa shape index (κ2) is 6.83. The van der Waals surface area contributed by atoms with E-state index in [4.69, 9.17) is 0 Å². The van der Waals surface area contributed by atoms with Crippen molar-refractivity contribution in [2.24, 2.45) is 0 Å². The molecule has 2 rings (SSSR count). The van der Waals surface area contributed by atoms with Crippen molar-refractivity contribution in [2.45, 2.75) is 83.2 Å². The zero-order valence-electron chi connectivity index (χ0n) is 13.7. The molecule has 2 nitrogen and oxygen atoms in total. The summed E-state index contributed by atoms with van der Waals surface area (Å²) >= 11 is 0. The van der Waals surface area contributed by atoms with Gasteiger partial charge in [0.15, 0.2) is 0 Å². The first-order chi connectivity index (χ1) is 9.94. The molecule has 2 heteroatoms. The van der Waals surface area contributed by atoms with E-state index in [2.05, 4.69) is 32.9 Å². The van der Waals surface area contributed by atoms with Gasteiger partial charge in [-0.05, 0) is 54.2 Å². The van der Waals surface area contributed by atoms with Gasteiger partial charge in [-0.15, -0.1) is 0 Å². The van der Waals surface area contributed by atoms with Gasteiger partial charge in [-0.2, -0.15) is 0 Å². The summed E-state index contributed by atoms with van der Waals surface area (Å²) in [5, 5.41) is 20.3. The summed E-state index contributed by atoms with van der Waals surface area (Å²) in [6.07, 6.45) is 7.16. The highest BCUT2D eigenvalue weighted by Crippen LogP contribution is 2.39. The third-order valence-corrected chi connectivity index (χ3v) is 5.05. The fraction of sp³-hybridized carbons (Fsp3) is 0.684. The molecule has 1 saturated carbocycles. The van der Waals surface area contributed by atoms with Crippen LogP contribution in [0.5, 0.6) is 5.75 Å². The lowest BCUT2D eigenvalue weighted by Gasteiger charge is -2.29. The maximum atomic E-state index is 10.4. The molecule has 2 atom stereocenters. The lowest BCUT2D eigenvalue weighted by molar-refractivity contribution is 0.119. The Morgan fingerprint density at radius 2 is 2.00 bits per heavy atom. The van der Waals surface area contributed by atoms with Crippen molar-refractivity contribution in [3.05, 3.63) is 29.3 Å². The number of aliphatic hydroxyl groups excluding tert-OH is 1. The van der Waals surface area contributed by atoms with Crippen LogP contribution < -0.4 is 0 Å². The fourth-order valence-electron chi connectivity index (χ4n) is 3.52. The molecule has 21 heavy (non-hydrogen) atoms. The maximum absolute atomic E-state index is 10.4. The van der Waals surface area contributed by atoms with Crippen LogP contribution in [0.3, 0.4) is 0 Å². The Balaban J connectivity index is 2.17. The Kier molecular flexibility index (Phi) is 5.32. The molecule has 1 aromatic rings. The predicted molar refractivity (Wildman–Crippen MR) is 87.9 cm³/mol. The van der Waals surface area contributed by atoms with Crippen LogP contribution in [0.4, 0.5) is 0 Å². The summed E-state index contributed by atoms with van der Waals surface area (Å²) < 4.78 is 0. The van der Waals surface area contributed by atoms with Crippen LogP contribution in [0.25, 0.3) is 0 Å². The van der Waals surface area contributed by atoms with Gasteiger partial charge in [0.05, 0.1) is 6.10 Å². The Bertz CT molecular complexity index is 465. The van der Waals surface area contributed by atoms with Crippen LogP contribution in [-0.4, -0.2) is 16.3 Å². The van der Waals surface area contributed by atoms with Crippen molar-refractivity contribution in [1.29, 1.82) is 0 Å². The summed E-state index contributed by atoms with van der Waals surface area (Å²) in [4.78, 5) is 0. The van der Waals surface area contributed by atoms with Crippen LogP contribution in [0.15, 0.2) is 18.2 Å². The first kappa shape index (κ1) is 16.4. The van der Waals surface area contributed by atoms with Crippen molar-refractivity contribution in [3.63, 3.8) is 0 Å². The second-order valence-corrected chi connectivity index (χ2v) is 7.28. The molecular weight excluding hydrogens is 260 g/mol. The van der Waals surface area contributed by atoms with Gasteiger partial charge in [-0.3, -0.25) is 0 Å². The van der Waals surface area contributed by atoms with E-state index in [0.29, 0.717) is 11.7 Å². The molecule has 1 aliphatic carbocycles. The number of aliphatic hydroxyl groups is 1. The molecule has 0 heterocycles. The van der Waals surface area contributed by atoms with E-state index in [1.165, 1.54) is 18.4 Å². The maximum Gasteiger partial charge on any atom is 0.119 e. The predicted octanol–water partition coefficient (Wildman–Crippen LogP) is 4.88. The number of phenolic OH excluding ortho intramolecular Hbond substituents is 1. The highest BCUT2D eigenvalue weighted by molar-refractivity contribution is 5.41. The molecule has 0 spiro atoms. The quantitative estimate of drug-likeness (QED) is 0.811. The van der Waals surface area contributed by atoms with E-state index in [-0.39, 0.29) is 11.5 Å². The van der Waals surface area contributed by atoms with Crippen LogP contribution in [-0.2, 0) is 5.41 Å². The number of hydrogen-bond acceptors (Lipinski definition) is 2. The highest BCUT2D eigenvalue weighted by atomic mass is 16.3. The SMILES string of the molecule is CCCCC(C)(C)c1ccc(C2CCCC(O)C2)c(O)c1. The average Bonchev–Trinajstić information content (AvgIpc) is 2.45. The van der Waals surface area contributed by atoms with E-state index in [9.17, 15) is 10.2 Å². The Morgan fingerprint density at radius 1 is 1.24 bits per heavy atom. The third kappa shape index (κ3) is 4.00. The molecule has 2 unspecified atom stereocenters. The number of unbranched alkanes of at least 4 members (excludes halogenated alkanes) is 1. The van der Waals surface area contributed by atoms with Crippen molar-refractivity contribution >= 4 is 0 Å². The van der Waals surface area contributed by atoms with Gasteiger partial charge in [0, 0.05) is 0 Å². The minimum Gasteiger partial charge on any atom is -0.508 e. The topological polar surface area (TPSA) is 40.5 Å². The summed E-state index contributed by atoms with van der Waals surface area (Å²) in [6.45, 7) is 6.72. The summed E-state index contributed by atoms with van der Waals surface area (Å²) in [5.74, 6) is 0.720. The van der Waals surface area contributed by atoms with Crippen molar-refractivity contribution in [2.75, 3.05) is 0 Å². The van der Waals surface area contributed by atoms with E-state index in [1.54, 1.807) is 0 Å². The molecular formula is C19H30O2. The van der Waals surface area contributed by atoms with Crippen LogP contribution >= 0.6 is 0 Å². The smallest absolute Gasteiger partial charge is 0.119 e. The molecule has 1 aliphatic rings. The van der Waals surface area contributed by atoms with Crippen LogP contribution in [0, 0.1) is 0 Å². The average molecular weight is 290 g/mol. The normalized spacial score (nSPS) is 23.2. The largest absolute Gasteiger partial charge is 0.508 e. The minimum atomic E-state index is -0.205. The van der Waals surface area contributed by atoms with E-state index in [1.807, 2.05) is 6.07 Å². The molecule has 0 saturated heterocycles. The van der Waals surface area contributed by atoms with E-state index >= 15 is 0 Å². The summed E-state index contributed by atoms with van der Waals surface area (Å²) in [6, 6.07) is 6.21. The van der Waals surface area contributed by atoms with Gasteiger partial charge in [-0.25, -0.2) is 0 Å². The van der Waals surface area contributed by atoms with Gasteiger partial charge in [0.25, 0.3) is 0 Å². The zero-order chi connectivity index (χ0) is 15.5. The van der Waals surface area contributed by atoms with Crippen molar-refractivity contribution in [1.82, 2.24) is 0 Å². The number of rotatable bonds is 5. The van der Waals surface area contributed by atoms with Gasteiger partial charge in [0.2, 0.25) is 0 Å². The number of benzene rings is 1. The molecule has 0 radical (unpaired) electrons. The van der Waals surface area contributed by atoms with Crippen molar-refractivity contribution < 1.29 is 10.2 Å². The molecule has 1 aromatic carbocycles. The molecule has 2 N–H and O–H groups in total. The van der Waals surface area contributed by atoms with Gasteiger partial charge >= 0.3 is 0 Å². The standard InChI is InChI=1S/C19H30O2/c1-4-5-11-19(2,3)15-9-10-17(18(21)13-15)14-7-6-8-16(20)12-14/h9-10,13-14,16,20-21H,4-8,11-12H2,1-3H3. The summed E-state index contributed by atoms with van der Waals surface area (Å²) in [5.41, 5.74) is 2.34. The van der Waals surface area contributed by atoms with Gasteiger partial charge < -0.3 is 10.2 Å². The van der Waals surface area contributed by atoms with Crippen LogP contribution in [0.1, 0.15) is 82.8 Å². The molecule has 1 fully saturated rings. The highest BCUT2D eigenvalue weighted by Gasteiger charge is 2.26. The van der Waals surface area contributed by atoms with Gasteiger partial charge in [-0.1, -0.05) is 52.2 Å². The number of aromatic hydroxyl groups is 1. The number of phenols is 1. The lowest BCUT2D eigenvalue weighted by atomic mass is 9.77. The molecule has 0 aromatic heterocycles. The number of hydrogen-bond donors (Lipinski definition) is 2. The van der Waals surface area contributed by atoms with E-state index in [0.717, 1.165) is 37.7 Å². The van der Waals surface area contributed by atoms with Crippen LogP contribution in [0.2, 0.25) is 0 Å². The third-order valence-electron chi connectivity index (χ3n) is 5.05. The first-order valence-corrected chi connectivity index (χ1v) is 8.45. The zero-order valence-corrected chi connectivity index (χ0v) is 13.7. The second-order valence-electron chi connectivity index (χ2n) is 7.28. The Morgan fingerprint density at radius 3 is 2.62 bits per heavy atom. The molecule has 0 amide bonds.